The first kappa shape index (κ1) is 21.4. The highest BCUT2D eigenvalue weighted by molar-refractivity contribution is 6.25. The van der Waals surface area contributed by atoms with E-state index in [0.29, 0.717) is 36.8 Å². The molecule has 0 spiro atoms. The van der Waals surface area contributed by atoms with Crippen molar-refractivity contribution in [1.29, 1.82) is 0 Å². The molecule has 0 amide bonds. The number of Topliss-reactive ketones (excluding diaryl/α,β-unsaturated/α-hetero) is 1. The molecule has 0 bridgehead atoms. The normalized spacial score (nSPS) is 25.7. The van der Waals surface area contributed by atoms with Gasteiger partial charge in [0.15, 0.2) is 5.78 Å². The molecule has 0 radical (unpaired) electrons. The minimum atomic E-state index is -0.221. The number of nitrogens with zero attached hydrogens (tertiary/aromatic N) is 3. The minimum absolute atomic E-state index is 0.0914. The summed E-state index contributed by atoms with van der Waals surface area (Å²) >= 11 is 0. The Morgan fingerprint density at radius 3 is 2.61 bits per heavy atom. The standard InChI is InChI=1S/C24H30N4O3/c1-3-31-22-11-6-16(13-26-22)20-12-19-14(2)27-24(25)28-23(19)18(9-10-21(20)30)15-4-7-17(29)8-5-15/h6,11-13,15,17-18,29H,3-5,7-10H2,1-2H3,(H2,25,27,28)/b20-12-/t15?,17?,18-/m1/s1. The van der Waals surface area contributed by atoms with Crippen LogP contribution in [0.3, 0.4) is 0 Å². The highest BCUT2D eigenvalue weighted by Crippen LogP contribution is 2.42. The van der Waals surface area contributed by atoms with Crippen LogP contribution < -0.4 is 10.5 Å². The maximum atomic E-state index is 13.2. The zero-order valence-corrected chi connectivity index (χ0v) is 18.2. The van der Waals surface area contributed by atoms with Gasteiger partial charge in [-0.25, -0.2) is 15.0 Å². The Balaban J connectivity index is 1.77. The summed E-state index contributed by atoms with van der Waals surface area (Å²) in [5, 5.41) is 9.94. The SMILES string of the molecule is CCOc1ccc(/C2=C/c3c(C)nc(N)nc3[C@@H](C3CCC(O)CC3)CCC2=O)cn1. The number of ether oxygens (including phenoxy) is 1. The molecule has 0 saturated heterocycles. The Bertz CT molecular complexity index is 979. The molecule has 1 atom stereocenters. The molecule has 7 heteroatoms. The molecule has 2 heterocycles. The molecular weight excluding hydrogens is 392 g/mol. The highest BCUT2D eigenvalue weighted by atomic mass is 16.5. The van der Waals surface area contributed by atoms with Gasteiger partial charge in [0.25, 0.3) is 0 Å². The van der Waals surface area contributed by atoms with Crippen LogP contribution in [0.2, 0.25) is 0 Å². The Morgan fingerprint density at radius 2 is 1.94 bits per heavy atom. The van der Waals surface area contributed by atoms with E-state index in [9.17, 15) is 9.90 Å². The zero-order valence-electron chi connectivity index (χ0n) is 18.2. The number of ketones is 1. The maximum Gasteiger partial charge on any atom is 0.220 e. The van der Waals surface area contributed by atoms with Crippen molar-refractivity contribution in [3.8, 4) is 5.88 Å². The molecule has 1 saturated carbocycles. The summed E-state index contributed by atoms with van der Waals surface area (Å²) in [6, 6.07) is 3.66. The third-order valence-corrected chi connectivity index (χ3v) is 6.46. The molecular formula is C24H30N4O3. The number of carbonyl (C=O) groups excluding carboxylic acids is 1. The average molecular weight is 423 g/mol. The van der Waals surface area contributed by atoms with Crippen molar-refractivity contribution in [2.24, 2.45) is 5.92 Å². The van der Waals surface area contributed by atoms with Crippen LogP contribution in [0.4, 0.5) is 5.95 Å². The summed E-state index contributed by atoms with van der Waals surface area (Å²) in [6.07, 6.45) is 7.98. The van der Waals surface area contributed by atoms with Gasteiger partial charge in [0, 0.05) is 41.3 Å². The third kappa shape index (κ3) is 4.61. The van der Waals surface area contributed by atoms with Crippen LogP contribution in [-0.2, 0) is 4.79 Å². The number of hydrogen-bond donors (Lipinski definition) is 2. The van der Waals surface area contributed by atoms with Crippen LogP contribution in [-0.4, -0.2) is 38.6 Å². The minimum Gasteiger partial charge on any atom is -0.478 e. The van der Waals surface area contributed by atoms with Crippen LogP contribution in [0, 0.1) is 12.8 Å². The number of carbonyl (C=O) groups is 1. The Morgan fingerprint density at radius 1 is 1.16 bits per heavy atom. The Labute approximate surface area is 182 Å². The second-order valence-corrected chi connectivity index (χ2v) is 8.48. The smallest absolute Gasteiger partial charge is 0.220 e. The largest absolute Gasteiger partial charge is 0.478 e. The van der Waals surface area contributed by atoms with E-state index < -0.39 is 0 Å². The first-order valence-electron chi connectivity index (χ1n) is 11.1. The monoisotopic (exact) mass is 422 g/mol. The zero-order chi connectivity index (χ0) is 22.0. The molecule has 0 unspecified atom stereocenters. The van der Waals surface area contributed by atoms with Gasteiger partial charge in [-0.15, -0.1) is 0 Å². The fraction of sp³-hybridized carbons (Fsp3) is 0.500. The number of aliphatic hydroxyl groups is 1. The lowest BCUT2D eigenvalue weighted by molar-refractivity contribution is -0.114. The molecule has 1 fully saturated rings. The predicted octanol–water partition coefficient (Wildman–Crippen LogP) is 3.70. The summed E-state index contributed by atoms with van der Waals surface area (Å²) in [7, 11) is 0. The molecule has 2 aliphatic carbocycles. The predicted molar refractivity (Wildman–Crippen MR) is 119 cm³/mol. The van der Waals surface area contributed by atoms with Crippen LogP contribution in [0.25, 0.3) is 11.6 Å². The molecule has 2 aliphatic rings. The second kappa shape index (κ2) is 9.14. The Hall–Kier alpha value is -2.80. The number of aromatic nitrogens is 3. The first-order chi connectivity index (χ1) is 15.0. The maximum absolute atomic E-state index is 13.2. The summed E-state index contributed by atoms with van der Waals surface area (Å²) in [5.41, 5.74) is 9.98. The van der Waals surface area contributed by atoms with E-state index in [-0.39, 0.29) is 23.8 Å². The van der Waals surface area contributed by atoms with Gasteiger partial charge in [0.1, 0.15) is 0 Å². The van der Waals surface area contributed by atoms with Gasteiger partial charge in [-0.3, -0.25) is 4.79 Å². The fourth-order valence-electron chi connectivity index (χ4n) is 4.85. The van der Waals surface area contributed by atoms with E-state index in [0.717, 1.165) is 48.2 Å². The number of aryl methyl sites for hydroxylation is 1. The number of pyridine rings is 1. The van der Waals surface area contributed by atoms with Gasteiger partial charge >= 0.3 is 0 Å². The van der Waals surface area contributed by atoms with Crippen molar-refractivity contribution in [2.75, 3.05) is 12.3 Å². The van der Waals surface area contributed by atoms with Crippen LogP contribution in [0.15, 0.2) is 18.3 Å². The summed E-state index contributed by atoms with van der Waals surface area (Å²) in [6.45, 7) is 4.36. The molecule has 2 aromatic heterocycles. The lowest BCUT2D eigenvalue weighted by Crippen LogP contribution is -2.26. The second-order valence-electron chi connectivity index (χ2n) is 8.48. The number of nitrogens with two attached hydrogens (primary N) is 1. The first-order valence-corrected chi connectivity index (χ1v) is 11.1. The van der Waals surface area contributed by atoms with E-state index in [1.54, 1.807) is 12.3 Å². The number of aliphatic hydroxyl groups excluding tert-OH is 1. The van der Waals surface area contributed by atoms with Crippen molar-refractivity contribution in [3.63, 3.8) is 0 Å². The van der Waals surface area contributed by atoms with Crippen molar-refractivity contribution < 1.29 is 14.6 Å². The number of hydrogen-bond acceptors (Lipinski definition) is 7. The topological polar surface area (TPSA) is 111 Å². The van der Waals surface area contributed by atoms with Gasteiger partial charge in [-0.1, -0.05) is 0 Å². The molecule has 2 aromatic rings. The van der Waals surface area contributed by atoms with E-state index in [4.69, 9.17) is 10.5 Å². The number of nitrogen functional groups attached to an aromatic ring is 1. The number of anilines is 1. The fourth-order valence-corrected chi connectivity index (χ4v) is 4.85. The van der Waals surface area contributed by atoms with Crippen molar-refractivity contribution >= 4 is 23.4 Å². The van der Waals surface area contributed by atoms with Gasteiger partial charge in [0.05, 0.1) is 24.1 Å². The number of rotatable bonds is 4. The van der Waals surface area contributed by atoms with Crippen molar-refractivity contribution in [1.82, 2.24) is 15.0 Å². The molecule has 0 aliphatic heterocycles. The average Bonchev–Trinajstić information content (AvgIpc) is 2.74. The van der Waals surface area contributed by atoms with Gasteiger partial charge < -0.3 is 15.6 Å². The van der Waals surface area contributed by atoms with Crippen LogP contribution >= 0.6 is 0 Å². The molecule has 0 aromatic carbocycles. The third-order valence-electron chi connectivity index (χ3n) is 6.46. The summed E-state index contributed by atoms with van der Waals surface area (Å²) in [5.74, 6) is 1.41. The van der Waals surface area contributed by atoms with E-state index in [1.165, 1.54) is 0 Å². The van der Waals surface area contributed by atoms with Crippen LogP contribution in [0.1, 0.15) is 73.9 Å². The van der Waals surface area contributed by atoms with E-state index >= 15 is 0 Å². The van der Waals surface area contributed by atoms with E-state index in [2.05, 4.69) is 15.0 Å². The van der Waals surface area contributed by atoms with Crippen LogP contribution in [0.5, 0.6) is 5.88 Å². The van der Waals surface area contributed by atoms with Crippen molar-refractivity contribution in [3.05, 3.63) is 40.8 Å². The highest BCUT2D eigenvalue weighted by Gasteiger charge is 2.33. The molecule has 31 heavy (non-hydrogen) atoms. The lowest BCUT2D eigenvalue weighted by atomic mass is 9.73. The molecule has 3 N–H and O–H groups in total. The molecule has 4 rings (SSSR count). The quantitative estimate of drug-likeness (QED) is 0.773. The van der Waals surface area contributed by atoms with Gasteiger partial charge in [-0.2, -0.15) is 0 Å². The van der Waals surface area contributed by atoms with E-state index in [1.807, 2.05) is 26.0 Å². The summed E-state index contributed by atoms with van der Waals surface area (Å²) < 4.78 is 5.43. The molecule has 7 nitrogen and oxygen atoms in total. The van der Waals surface area contributed by atoms with Gasteiger partial charge in [-0.05, 0) is 64.0 Å². The number of fused-ring (bicyclic) bond motifs is 1. The lowest BCUT2D eigenvalue weighted by Gasteiger charge is -2.33. The summed E-state index contributed by atoms with van der Waals surface area (Å²) in [4.78, 5) is 26.6. The van der Waals surface area contributed by atoms with Crippen molar-refractivity contribution in [2.45, 2.75) is 64.4 Å². The molecule has 164 valence electrons. The Kier molecular flexibility index (Phi) is 6.32. The number of allylic oxidation sites excluding steroid dienone is 1. The van der Waals surface area contributed by atoms with Gasteiger partial charge in [0.2, 0.25) is 11.8 Å².